The van der Waals surface area contributed by atoms with Crippen molar-refractivity contribution < 1.29 is 8.42 Å². The van der Waals surface area contributed by atoms with Crippen molar-refractivity contribution >= 4 is 36.5 Å². The van der Waals surface area contributed by atoms with Gasteiger partial charge in [0.1, 0.15) is 0 Å². The molecule has 140 valence electrons. The fraction of sp³-hybridized carbons (Fsp3) is 0.474. The molecule has 0 atom stereocenters. The second-order valence-electron chi connectivity index (χ2n) is 7.45. The molecule has 0 aliphatic heterocycles. The molecule has 6 heteroatoms. The standard InChI is InChI=1S/C19H30N2O2S2/c1-21(2)19-10-8-9-16-15-17(11-12-18(16)19)25(22,23)20-13-6-7-14-24(3,4)5/h8-12,15,20H,6-7,13-14H2,1-5H3. The van der Waals surface area contributed by atoms with Gasteiger partial charge in [-0.05, 0) is 60.9 Å². The fourth-order valence-electron chi connectivity index (χ4n) is 2.75. The number of hydrogen-bond donors (Lipinski definition) is 1. The summed E-state index contributed by atoms with van der Waals surface area (Å²) in [5, 5.41) is 1.99. The van der Waals surface area contributed by atoms with E-state index in [1.165, 1.54) is 5.75 Å². The predicted octanol–water partition coefficient (Wildman–Crippen LogP) is 3.66. The second-order valence-corrected chi connectivity index (χ2v) is 13.8. The molecule has 0 aromatic heterocycles. The van der Waals surface area contributed by atoms with Crippen molar-refractivity contribution in [3.8, 4) is 0 Å². The molecule has 0 aliphatic carbocycles. The van der Waals surface area contributed by atoms with Gasteiger partial charge in [-0.25, -0.2) is 23.2 Å². The number of anilines is 1. The Hall–Kier alpha value is -1.24. The first-order valence-electron chi connectivity index (χ1n) is 8.46. The van der Waals surface area contributed by atoms with Gasteiger partial charge < -0.3 is 4.90 Å². The van der Waals surface area contributed by atoms with E-state index in [0.717, 1.165) is 29.3 Å². The van der Waals surface area contributed by atoms with Gasteiger partial charge in [0, 0.05) is 31.7 Å². The van der Waals surface area contributed by atoms with Crippen LogP contribution in [0.4, 0.5) is 5.69 Å². The molecule has 4 nitrogen and oxygen atoms in total. The van der Waals surface area contributed by atoms with Crippen molar-refractivity contribution in [1.82, 2.24) is 4.72 Å². The van der Waals surface area contributed by atoms with E-state index in [4.69, 9.17) is 0 Å². The van der Waals surface area contributed by atoms with E-state index in [9.17, 15) is 8.42 Å². The SMILES string of the molecule is CN(C)c1cccc2cc(S(=O)(=O)NCCCCS(C)(C)C)ccc12. The highest BCUT2D eigenvalue weighted by Crippen LogP contribution is 2.35. The lowest BCUT2D eigenvalue weighted by Crippen LogP contribution is -2.25. The van der Waals surface area contributed by atoms with Crippen molar-refractivity contribution in [2.45, 2.75) is 17.7 Å². The minimum Gasteiger partial charge on any atom is -0.377 e. The van der Waals surface area contributed by atoms with Gasteiger partial charge in [-0.15, -0.1) is 0 Å². The molecule has 0 unspecified atom stereocenters. The summed E-state index contributed by atoms with van der Waals surface area (Å²) < 4.78 is 27.8. The van der Waals surface area contributed by atoms with Crippen LogP contribution < -0.4 is 9.62 Å². The van der Waals surface area contributed by atoms with Crippen molar-refractivity contribution in [3.63, 3.8) is 0 Å². The summed E-state index contributed by atoms with van der Waals surface area (Å²) in [6.45, 7) is 0.494. The molecule has 0 aliphatic rings. The van der Waals surface area contributed by atoms with Crippen molar-refractivity contribution in [2.24, 2.45) is 0 Å². The zero-order valence-corrected chi connectivity index (χ0v) is 17.5. The summed E-state index contributed by atoms with van der Waals surface area (Å²) in [4.78, 5) is 2.36. The highest BCUT2D eigenvalue weighted by Gasteiger charge is 2.15. The van der Waals surface area contributed by atoms with Crippen LogP contribution in [0.3, 0.4) is 0 Å². The molecule has 0 saturated heterocycles. The van der Waals surface area contributed by atoms with Crippen molar-refractivity contribution in [2.75, 3.05) is 50.1 Å². The summed E-state index contributed by atoms with van der Waals surface area (Å²) in [5.74, 6) is 1.18. The maximum atomic E-state index is 12.5. The molecule has 25 heavy (non-hydrogen) atoms. The Bertz CT molecular complexity index is 825. The van der Waals surface area contributed by atoms with Gasteiger partial charge in [0.05, 0.1) is 4.90 Å². The molecule has 2 aromatic carbocycles. The first-order chi connectivity index (χ1) is 11.6. The number of rotatable bonds is 8. The zero-order valence-electron chi connectivity index (χ0n) is 15.9. The Labute approximate surface area is 154 Å². The lowest BCUT2D eigenvalue weighted by molar-refractivity contribution is 0.578. The smallest absolute Gasteiger partial charge is 0.240 e. The van der Waals surface area contributed by atoms with Gasteiger partial charge in [-0.1, -0.05) is 18.2 Å². The van der Waals surface area contributed by atoms with Gasteiger partial charge in [0.25, 0.3) is 0 Å². The van der Waals surface area contributed by atoms with Crippen LogP contribution in [0.1, 0.15) is 12.8 Å². The number of unbranched alkanes of at least 4 members (excludes halogenated alkanes) is 1. The van der Waals surface area contributed by atoms with Gasteiger partial charge in [0.15, 0.2) is 0 Å². The lowest BCUT2D eigenvalue weighted by atomic mass is 10.1. The molecule has 0 spiro atoms. The molecule has 0 amide bonds. The van der Waals surface area contributed by atoms with Crippen LogP contribution in [-0.2, 0) is 10.0 Å². The summed E-state index contributed by atoms with van der Waals surface area (Å²) in [7, 11) is 0.00629. The monoisotopic (exact) mass is 382 g/mol. The van der Waals surface area contributed by atoms with E-state index in [2.05, 4.69) is 23.5 Å². The summed E-state index contributed by atoms with van der Waals surface area (Å²) >= 11 is 0. The highest BCUT2D eigenvalue weighted by molar-refractivity contribution is 8.32. The largest absolute Gasteiger partial charge is 0.377 e. The molecule has 0 bridgehead atoms. The van der Waals surface area contributed by atoms with Crippen molar-refractivity contribution in [1.29, 1.82) is 0 Å². The van der Waals surface area contributed by atoms with Gasteiger partial charge in [0.2, 0.25) is 10.0 Å². The van der Waals surface area contributed by atoms with E-state index in [1.54, 1.807) is 12.1 Å². The quantitative estimate of drug-likeness (QED) is 0.709. The molecule has 2 rings (SSSR count). The molecule has 2 aromatic rings. The third kappa shape index (κ3) is 5.62. The molecular weight excluding hydrogens is 352 g/mol. The summed E-state index contributed by atoms with van der Waals surface area (Å²) in [6, 6.07) is 11.3. The minimum atomic E-state index is -3.46. The first-order valence-corrected chi connectivity index (χ1v) is 13.0. The second kappa shape index (κ2) is 7.98. The van der Waals surface area contributed by atoms with Gasteiger partial charge in [-0.3, -0.25) is 0 Å². The molecule has 0 radical (unpaired) electrons. The number of nitrogens with one attached hydrogen (secondary N) is 1. The Kier molecular flexibility index (Phi) is 6.40. The van der Waals surface area contributed by atoms with Crippen LogP contribution in [-0.4, -0.2) is 53.6 Å². The Morgan fingerprint density at radius 3 is 2.36 bits per heavy atom. The molecule has 0 fully saturated rings. The highest BCUT2D eigenvalue weighted by atomic mass is 32.3. The average molecular weight is 383 g/mol. The third-order valence-corrected chi connectivity index (χ3v) is 7.07. The van der Waals surface area contributed by atoms with Gasteiger partial charge in [-0.2, -0.15) is 0 Å². The first kappa shape index (κ1) is 20.1. The van der Waals surface area contributed by atoms with Crippen LogP contribution in [0.15, 0.2) is 41.3 Å². The summed E-state index contributed by atoms with van der Waals surface area (Å²) in [6.07, 6.45) is 8.80. The number of fused-ring (bicyclic) bond motifs is 1. The fourth-order valence-corrected chi connectivity index (χ4v) is 4.93. The number of hydrogen-bond acceptors (Lipinski definition) is 3. The van der Waals surface area contributed by atoms with Crippen LogP contribution in [0.2, 0.25) is 0 Å². The van der Waals surface area contributed by atoms with E-state index in [1.807, 2.05) is 43.3 Å². The molecule has 0 heterocycles. The Morgan fingerprint density at radius 1 is 1.00 bits per heavy atom. The zero-order chi connectivity index (χ0) is 18.7. The number of nitrogens with zero attached hydrogens (tertiary/aromatic N) is 1. The maximum absolute atomic E-state index is 12.5. The van der Waals surface area contributed by atoms with Crippen LogP contribution in [0, 0.1) is 0 Å². The topological polar surface area (TPSA) is 49.4 Å². The number of benzene rings is 2. The third-order valence-electron chi connectivity index (χ3n) is 4.10. The maximum Gasteiger partial charge on any atom is 0.240 e. The van der Waals surface area contributed by atoms with Crippen LogP contribution in [0.25, 0.3) is 10.8 Å². The molecule has 1 N–H and O–H groups in total. The van der Waals surface area contributed by atoms with E-state index in [0.29, 0.717) is 11.4 Å². The predicted molar refractivity (Wildman–Crippen MR) is 113 cm³/mol. The molecular formula is C19H30N2O2S2. The van der Waals surface area contributed by atoms with Gasteiger partial charge >= 0.3 is 0 Å². The Balaban J connectivity index is 2.09. The summed E-state index contributed by atoms with van der Waals surface area (Å²) in [5.41, 5.74) is 1.08. The van der Waals surface area contributed by atoms with E-state index < -0.39 is 20.1 Å². The minimum absolute atomic E-state index is 0.331. The van der Waals surface area contributed by atoms with E-state index >= 15 is 0 Å². The lowest BCUT2D eigenvalue weighted by Gasteiger charge is -2.24. The van der Waals surface area contributed by atoms with E-state index in [-0.39, 0.29) is 0 Å². The average Bonchev–Trinajstić information content (AvgIpc) is 2.52. The van der Waals surface area contributed by atoms with Crippen LogP contribution in [0.5, 0.6) is 0 Å². The normalized spacial score (nSPS) is 13.2. The molecule has 0 saturated carbocycles. The van der Waals surface area contributed by atoms with Crippen LogP contribution >= 0.6 is 10.0 Å². The Morgan fingerprint density at radius 2 is 1.72 bits per heavy atom. The number of sulfonamides is 1. The van der Waals surface area contributed by atoms with Crippen molar-refractivity contribution in [3.05, 3.63) is 36.4 Å².